The molecule has 0 heterocycles. The van der Waals surface area contributed by atoms with Crippen LogP contribution < -0.4 is 5.73 Å². The molecule has 0 fully saturated rings. The first kappa shape index (κ1) is 12.4. The zero-order chi connectivity index (χ0) is 10.5. The zero-order valence-corrected chi connectivity index (χ0v) is 9.59. The average Bonchev–Trinajstić information content (AvgIpc) is 2.02. The molecule has 0 aliphatic rings. The Balaban J connectivity index is 4.41. The summed E-state index contributed by atoms with van der Waals surface area (Å²) < 4.78 is 0. The minimum atomic E-state index is 0.192. The summed E-state index contributed by atoms with van der Waals surface area (Å²) in [7, 11) is 0. The fraction of sp³-hybridized carbons (Fsp3) is 0.667. The largest absolute Gasteiger partial charge is 0.324 e. The Labute approximate surface area is 82.7 Å². The second-order valence-electron chi connectivity index (χ2n) is 4.43. The van der Waals surface area contributed by atoms with Crippen LogP contribution >= 0.6 is 0 Å². The molecule has 2 N–H and O–H groups in total. The van der Waals surface area contributed by atoms with E-state index in [9.17, 15) is 0 Å². The van der Waals surface area contributed by atoms with Crippen LogP contribution in [0.25, 0.3) is 0 Å². The van der Waals surface area contributed by atoms with Crippen LogP contribution in [0.1, 0.15) is 41.0 Å². The number of rotatable bonds is 3. The Morgan fingerprint density at radius 3 is 2.23 bits per heavy atom. The maximum absolute atomic E-state index is 5.81. The zero-order valence-electron chi connectivity index (χ0n) is 9.59. The fourth-order valence-electron chi connectivity index (χ4n) is 1.14. The van der Waals surface area contributed by atoms with Crippen molar-refractivity contribution < 1.29 is 0 Å². The maximum Gasteiger partial charge on any atom is 0.0224 e. The second-order valence-corrected chi connectivity index (χ2v) is 4.43. The van der Waals surface area contributed by atoms with E-state index >= 15 is 0 Å². The predicted molar refractivity (Wildman–Crippen MR) is 60.6 cm³/mol. The molecule has 0 saturated heterocycles. The first-order chi connectivity index (χ1) is 5.91. The molecule has 1 heteroatoms. The molecule has 13 heavy (non-hydrogen) atoms. The summed E-state index contributed by atoms with van der Waals surface area (Å²) in [6.07, 6.45) is 7.38. The van der Waals surface area contributed by atoms with Crippen LogP contribution in [0, 0.1) is 5.41 Å². The lowest BCUT2D eigenvalue weighted by Gasteiger charge is -2.20. The number of hydrogen-bond donors (Lipinski definition) is 1. The molecule has 0 spiro atoms. The van der Waals surface area contributed by atoms with Crippen molar-refractivity contribution >= 4 is 0 Å². The van der Waals surface area contributed by atoms with Gasteiger partial charge < -0.3 is 5.73 Å². The second kappa shape index (κ2) is 5.23. The first-order valence-corrected chi connectivity index (χ1v) is 5.02. The van der Waals surface area contributed by atoms with E-state index in [1.54, 1.807) is 0 Å². The van der Waals surface area contributed by atoms with Crippen LogP contribution in [-0.4, -0.2) is 6.04 Å². The number of allylic oxidation sites excluding steroid dienone is 3. The van der Waals surface area contributed by atoms with Crippen molar-refractivity contribution in [1.82, 2.24) is 0 Å². The van der Waals surface area contributed by atoms with E-state index in [1.807, 2.05) is 0 Å². The smallest absolute Gasteiger partial charge is 0.0224 e. The van der Waals surface area contributed by atoms with Gasteiger partial charge in [0.25, 0.3) is 0 Å². The maximum atomic E-state index is 5.81. The average molecular weight is 181 g/mol. The summed E-state index contributed by atoms with van der Waals surface area (Å²) in [5.41, 5.74) is 7.37. The molecular formula is C12H23N. The molecule has 0 bridgehead atoms. The lowest BCUT2D eigenvalue weighted by atomic mass is 9.86. The Morgan fingerprint density at radius 1 is 1.38 bits per heavy atom. The topological polar surface area (TPSA) is 26.0 Å². The van der Waals surface area contributed by atoms with Crippen LogP contribution in [0.5, 0.6) is 0 Å². The highest BCUT2D eigenvalue weighted by atomic mass is 14.6. The molecule has 0 amide bonds. The first-order valence-electron chi connectivity index (χ1n) is 5.02. The van der Waals surface area contributed by atoms with Crippen molar-refractivity contribution in [1.29, 1.82) is 0 Å². The summed E-state index contributed by atoms with van der Waals surface area (Å²) in [5, 5.41) is 0. The molecule has 76 valence electrons. The van der Waals surface area contributed by atoms with Crippen molar-refractivity contribution in [3.05, 3.63) is 23.8 Å². The van der Waals surface area contributed by atoms with Gasteiger partial charge in [-0.3, -0.25) is 0 Å². The van der Waals surface area contributed by atoms with Gasteiger partial charge >= 0.3 is 0 Å². The summed E-state index contributed by atoms with van der Waals surface area (Å²) in [4.78, 5) is 0. The van der Waals surface area contributed by atoms with Crippen molar-refractivity contribution in [3.8, 4) is 0 Å². The SMILES string of the molecule is C/C=C(/C=C\C(N)CC)C(C)(C)C. The lowest BCUT2D eigenvalue weighted by Crippen LogP contribution is -2.15. The summed E-state index contributed by atoms with van der Waals surface area (Å²) in [5.74, 6) is 0. The van der Waals surface area contributed by atoms with Gasteiger partial charge in [0.05, 0.1) is 0 Å². The molecule has 0 aromatic carbocycles. The number of nitrogens with two attached hydrogens (primary N) is 1. The third-order valence-electron chi connectivity index (χ3n) is 2.17. The van der Waals surface area contributed by atoms with Crippen molar-refractivity contribution in [3.63, 3.8) is 0 Å². The van der Waals surface area contributed by atoms with Crippen molar-refractivity contribution in [2.75, 3.05) is 0 Å². The fourth-order valence-corrected chi connectivity index (χ4v) is 1.14. The van der Waals surface area contributed by atoms with Gasteiger partial charge in [-0.1, -0.05) is 45.9 Å². The minimum Gasteiger partial charge on any atom is -0.324 e. The van der Waals surface area contributed by atoms with Gasteiger partial charge in [0.15, 0.2) is 0 Å². The lowest BCUT2D eigenvalue weighted by molar-refractivity contribution is 0.515. The summed E-state index contributed by atoms with van der Waals surface area (Å²) >= 11 is 0. The van der Waals surface area contributed by atoms with Gasteiger partial charge in [-0.25, -0.2) is 0 Å². The molecule has 0 aliphatic carbocycles. The van der Waals surface area contributed by atoms with Crippen LogP contribution in [-0.2, 0) is 0 Å². The quantitative estimate of drug-likeness (QED) is 0.664. The molecule has 0 aliphatic heterocycles. The highest BCUT2D eigenvalue weighted by Gasteiger charge is 2.13. The van der Waals surface area contributed by atoms with E-state index in [0.29, 0.717) is 0 Å². The van der Waals surface area contributed by atoms with Gasteiger partial charge in [0, 0.05) is 6.04 Å². The normalized spacial score (nSPS) is 16.6. The Kier molecular flexibility index (Phi) is 5.01. The van der Waals surface area contributed by atoms with Crippen molar-refractivity contribution in [2.45, 2.75) is 47.1 Å². The van der Waals surface area contributed by atoms with E-state index in [0.717, 1.165) is 6.42 Å². The van der Waals surface area contributed by atoms with Crippen LogP contribution in [0.2, 0.25) is 0 Å². The third kappa shape index (κ3) is 4.89. The molecule has 0 aromatic heterocycles. The van der Waals surface area contributed by atoms with Crippen molar-refractivity contribution in [2.24, 2.45) is 11.1 Å². The highest BCUT2D eigenvalue weighted by molar-refractivity contribution is 5.24. The molecule has 0 radical (unpaired) electrons. The predicted octanol–water partition coefficient (Wildman–Crippen LogP) is 3.27. The summed E-state index contributed by atoms with van der Waals surface area (Å²) in [6, 6.07) is 0.192. The van der Waals surface area contributed by atoms with Gasteiger partial charge in [-0.2, -0.15) is 0 Å². The van der Waals surface area contributed by atoms with Gasteiger partial charge in [0.1, 0.15) is 0 Å². The van der Waals surface area contributed by atoms with E-state index in [-0.39, 0.29) is 11.5 Å². The van der Waals surface area contributed by atoms with Crippen LogP contribution in [0.3, 0.4) is 0 Å². The molecule has 1 unspecified atom stereocenters. The molecule has 0 saturated carbocycles. The van der Waals surface area contributed by atoms with Crippen LogP contribution in [0.4, 0.5) is 0 Å². The van der Waals surface area contributed by atoms with Crippen LogP contribution in [0.15, 0.2) is 23.8 Å². The van der Waals surface area contributed by atoms with Gasteiger partial charge in [0.2, 0.25) is 0 Å². The minimum absolute atomic E-state index is 0.192. The van der Waals surface area contributed by atoms with E-state index < -0.39 is 0 Å². The molecule has 1 nitrogen and oxygen atoms in total. The molecule has 0 aromatic rings. The molecule has 1 atom stereocenters. The summed E-state index contributed by atoms with van der Waals surface area (Å²) in [6.45, 7) is 10.8. The Morgan fingerprint density at radius 2 is 1.92 bits per heavy atom. The van der Waals surface area contributed by atoms with E-state index in [2.05, 4.69) is 52.8 Å². The third-order valence-corrected chi connectivity index (χ3v) is 2.17. The molecular weight excluding hydrogens is 158 g/mol. The van der Waals surface area contributed by atoms with E-state index in [1.165, 1.54) is 5.57 Å². The van der Waals surface area contributed by atoms with E-state index in [4.69, 9.17) is 5.73 Å². The molecule has 0 rings (SSSR count). The Hall–Kier alpha value is -0.560. The highest BCUT2D eigenvalue weighted by Crippen LogP contribution is 2.25. The standard InChI is InChI=1S/C12H23N/c1-6-10(12(3,4)5)8-9-11(13)7-2/h6,8-9,11H,7,13H2,1-5H3/b9-8-,10-6-. The Bertz CT molecular complexity index is 194. The monoisotopic (exact) mass is 181 g/mol. The van der Waals surface area contributed by atoms with Gasteiger partial charge in [-0.05, 0) is 24.3 Å². The van der Waals surface area contributed by atoms with Gasteiger partial charge in [-0.15, -0.1) is 0 Å². The number of hydrogen-bond acceptors (Lipinski definition) is 1.